The third kappa shape index (κ3) is 4.69. The first-order valence-electron chi connectivity index (χ1n) is 5.78. The van der Waals surface area contributed by atoms with Crippen molar-refractivity contribution in [2.24, 2.45) is 0 Å². The molecular formula is C14H20N2. The zero-order valence-corrected chi connectivity index (χ0v) is 10.5. The van der Waals surface area contributed by atoms with Gasteiger partial charge in [-0.2, -0.15) is 0 Å². The fourth-order valence-corrected chi connectivity index (χ4v) is 1.06. The summed E-state index contributed by atoms with van der Waals surface area (Å²) in [6.45, 7) is 8.00. The Balaban J connectivity index is 0.000000509. The summed E-state index contributed by atoms with van der Waals surface area (Å²) >= 11 is 0. The first-order valence-corrected chi connectivity index (χ1v) is 5.78. The molecule has 2 rings (SSSR count). The van der Waals surface area contributed by atoms with Crippen molar-refractivity contribution in [1.82, 2.24) is 9.97 Å². The predicted molar refractivity (Wildman–Crippen MR) is 70.2 cm³/mol. The number of aromatic nitrogens is 2. The van der Waals surface area contributed by atoms with Gasteiger partial charge in [0.15, 0.2) is 0 Å². The Morgan fingerprint density at radius 1 is 0.750 bits per heavy atom. The van der Waals surface area contributed by atoms with Crippen molar-refractivity contribution < 1.29 is 0 Å². The van der Waals surface area contributed by atoms with Crippen LogP contribution in [0, 0.1) is 0 Å². The molecule has 0 aliphatic carbocycles. The maximum absolute atomic E-state index is 4.22. The smallest absolute Gasteiger partial charge is 0.0703 e. The molecule has 2 heterocycles. The summed E-state index contributed by atoms with van der Waals surface area (Å²) in [5.41, 5.74) is 2.09. The largest absolute Gasteiger partial charge is 0.265 e. The molecular weight excluding hydrogens is 196 g/mol. The van der Waals surface area contributed by atoms with Crippen LogP contribution in [0.1, 0.15) is 27.7 Å². The molecule has 0 bridgehead atoms. The van der Waals surface area contributed by atoms with Crippen molar-refractivity contribution in [2.75, 3.05) is 0 Å². The SMILES string of the molecule is CC.CC.c1ccc(-c2ccncc2)nc1. The van der Waals surface area contributed by atoms with E-state index in [9.17, 15) is 0 Å². The highest BCUT2D eigenvalue weighted by molar-refractivity contribution is 5.57. The number of hydrogen-bond acceptors (Lipinski definition) is 2. The zero-order valence-electron chi connectivity index (χ0n) is 10.5. The highest BCUT2D eigenvalue weighted by Gasteiger charge is 1.94. The fraction of sp³-hybridized carbons (Fsp3) is 0.286. The molecule has 0 amide bonds. The first-order chi connectivity index (χ1) is 7.97. The second-order valence-electron chi connectivity index (χ2n) is 2.45. The minimum absolute atomic E-state index is 0.986. The summed E-state index contributed by atoms with van der Waals surface area (Å²) < 4.78 is 0. The van der Waals surface area contributed by atoms with Crippen molar-refractivity contribution in [1.29, 1.82) is 0 Å². The van der Waals surface area contributed by atoms with Gasteiger partial charge in [-0.3, -0.25) is 9.97 Å². The molecule has 0 saturated carbocycles. The van der Waals surface area contributed by atoms with Gasteiger partial charge in [0.25, 0.3) is 0 Å². The molecule has 2 nitrogen and oxygen atoms in total. The molecule has 16 heavy (non-hydrogen) atoms. The summed E-state index contributed by atoms with van der Waals surface area (Å²) in [6, 6.07) is 9.76. The quantitative estimate of drug-likeness (QED) is 0.714. The monoisotopic (exact) mass is 216 g/mol. The molecule has 0 saturated heterocycles. The van der Waals surface area contributed by atoms with Crippen LogP contribution in [0.5, 0.6) is 0 Å². The Morgan fingerprint density at radius 3 is 1.88 bits per heavy atom. The van der Waals surface area contributed by atoms with E-state index in [2.05, 4.69) is 9.97 Å². The lowest BCUT2D eigenvalue weighted by Gasteiger charge is -1.96. The lowest BCUT2D eigenvalue weighted by atomic mass is 10.2. The molecule has 2 aromatic rings. The maximum Gasteiger partial charge on any atom is 0.0703 e. The molecule has 0 unspecified atom stereocenters. The molecule has 0 aromatic carbocycles. The van der Waals surface area contributed by atoms with Crippen LogP contribution in [0.4, 0.5) is 0 Å². The summed E-state index contributed by atoms with van der Waals surface area (Å²) in [4.78, 5) is 8.16. The predicted octanol–water partition coefficient (Wildman–Crippen LogP) is 4.20. The first kappa shape index (κ1) is 14.3. The molecule has 0 radical (unpaired) electrons. The van der Waals surface area contributed by atoms with E-state index in [0.717, 1.165) is 11.3 Å². The minimum Gasteiger partial charge on any atom is -0.265 e. The van der Waals surface area contributed by atoms with E-state index in [-0.39, 0.29) is 0 Å². The van der Waals surface area contributed by atoms with Gasteiger partial charge in [0.1, 0.15) is 0 Å². The molecule has 0 atom stereocenters. The third-order valence-corrected chi connectivity index (χ3v) is 1.64. The Kier molecular flexibility index (Phi) is 8.79. The van der Waals surface area contributed by atoms with Crippen molar-refractivity contribution in [3.63, 3.8) is 0 Å². The fourth-order valence-electron chi connectivity index (χ4n) is 1.06. The topological polar surface area (TPSA) is 25.8 Å². The van der Waals surface area contributed by atoms with Crippen molar-refractivity contribution in [3.05, 3.63) is 48.9 Å². The van der Waals surface area contributed by atoms with Gasteiger partial charge in [-0.05, 0) is 24.3 Å². The number of pyridine rings is 2. The second-order valence-corrected chi connectivity index (χ2v) is 2.45. The summed E-state index contributed by atoms with van der Waals surface area (Å²) in [6.07, 6.45) is 5.32. The van der Waals surface area contributed by atoms with Gasteiger partial charge in [-0.15, -0.1) is 0 Å². The van der Waals surface area contributed by atoms with Gasteiger partial charge in [-0.25, -0.2) is 0 Å². The Morgan fingerprint density at radius 2 is 1.38 bits per heavy atom. The van der Waals surface area contributed by atoms with E-state index >= 15 is 0 Å². The van der Waals surface area contributed by atoms with Gasteiger partial charge in [0.2, 0.25) is 0 Å². The van der Waals surface area contributed by atoms with E-state index in [4.69, 9.17) is 0 Å². The number of hydrogen-bond donors (Lipinski definition) is 0. The van der Waals surface area contributed by atoms with Gasteiger partial charge in [-0.1, -0.05) is 33.8 Å². The van der Waals surface area contributed by atoms with Crippen LogP contribution in [0.25, 0.3) is 11.3 Å². The summed E-state index contributed by atoms with van der Waals surface area (Å²) in [5, 5.41) is 0. The van der Waals surface area contributed by atoms with E-state index < -0.39 is 0 Å². The molecule has 0 fully saturated rings. The van der Waals surface area contributed by atoms with E-state index in [1.54, 1.807) is 18.6 Å². The average Bonchev–Trinajstić information content (AvgIpc) is 2.45. The van der Waals surface area contributed by atoms with Crippen LogP contribution in [-0.2, 0) is 0 Å². The molecule has 2 aromatic heterocycles. The molecule has 0 N–H and O–H groups in total. The number of rotatable bonds is 1. The van der Waals surface area contributed by atoms with Gasteiger partial charge in [0.05, 0.1) is 5.69 Å². The summed E-state index contributed by atoms with van der Waals surface area (Å²) in [7, 11) is 0. The minimum atomic E-state index is 0.986. The van der Waals surface area contributed by atoms with Crippen LogP contribution < -0.4 is 0 Å². The normalized spacial score (nSPS) is 8.00. The lowest BCUT2D eigenvalue weighted by molar-refractivity contribution is 1.29. The van der Waals surface area contributed by atoms with Crippen LogP contribution >= 0.6 is 0 Å². The lowest BCUT2D eigenvalue weighted by Crippen LogP contribution is -1.80. The van der Waals surface area contributed by atoms with Gasteiger partial charge >= 0.3 is 0 Å². The van der Waals surface area contributed by atoms with Crippen LogP contribution in [-0.4, -0.2) is 9.97 Å². The Hall–Kier alpha value is -1.70. The highest BCUT2D eigenvalue weighted by Crippen LogP contribution is 2.13. The Labute approximate surface area is 98.4 Å². The van der Waals surface area contributed by atoms with Crippen LogP contribution in [0.2, 0.25) is 0 Å². The molecule has 2 heteroatoms. The molecule has 0 spiro atoms. The molecule has 0 aliphatic rings. The molecule has 86 valence electrons. The van der Waals surface area contributed by atoms with E-state index in [1.807, 2.05) is 58.0 Å². The van der Waals surface area contributed by atoms with Crippen molar-refractivity contribution in [3.8, 4) is 11.3 Å². The Bertz CT molecular complexity index is 306. The van der Waals surface area contributed by atoms with E-state index in [0.29, 0.717) is 0 Å². The van der Waals surface area contributed by atoms with E-state index in [1.165, 1.54) is 0 Å². The van der Waals surface area contributed by atoms with Crippen molar-refractivity contribution >= 4 is 0 Å². The molecule has 0 aliphatic heterocycles. The van der Waals surface area contributed by atoms with Crippen LogP contribution in [0.3, 0.4) is 0 Å². The maximum atomic E-state index is 4.22. The average molecular weight is 216 g/mol. The zero-order chi connectivity index (χ0) is 12.2. The van der Waals surface area contributed by atoms with Crippen molar-refractivity contribution in [2.45, 2.75) is 27.7 Å². The number of nitrogens with zero attached hydrogens (tertiary/aromatic N) is 2. The summed E-state index contributed by atoms with van der Waals surface area (Å²) in [5.74, 6) is 0. The van der Waals surface area contributed by atoms with Gasteiger partial charge < -0.3 is 0 Å². The van der Waals surface area contributed by atoms with Crippen LogP contribution in [0.15, 0.2) is 48.9 Å². The standard InChI is InChI=1S/C10H8N2.2C2H6/c1-2-6-12-10(3-1)9-4-7-11-8-5-9;2*1-2/h1-8H;2*1-2H3. The third-order valence-electron chi connectivity index (χ3n) is 1.64. The second kappa shape index (κ2) is 9.84. The van der Waals surface area contributed by atoms with Gasteiger partial charge in [0, 0.05) is 24.2 Å². The highest BCUT2D eigenvalue weighted by atomic mass is 14.7.